The zero-order valence-electron chi connectivity index (χ0n) is 10.6. The van der Waals surface area contributed by atoms with Gasteiger partial charge in [0.2, 0.25) is 0 Å². The van der Waals surface area contributed by atoms with E-state index in [4.69, 9.17) is 0 Å². The SMILES string of the molecule is Cc1ccc(N2C(=O)C3C(C)CCN3C2=O)cc1. The van der Waals surface area contributed by atoms with E-state index < -0.39 is 0 Å². The number of carbonyl (C=O) groups is 2. The van der Waals surface area contributed by atoms with Gasteiger partial charge in [0.15, 0.2) is 0 Å². The Hall–Kier alpha value is -1.84. The lowest BCUT2D eigenvalue weighted by molar-refractivity contribution is -0.120. The molecule has 2 aliphatic rings. The fourth-order valence-electron chi connectivity index (χ4n) is 2.82. The standard InChI is InChI=1S/C14H16N2O2/c1-9-3-5-11(6-4-9)16-13(17)12-10(2)7-8-15(12)14(16)18/h3-6,10,12H,7-8H2,1-2H3. The van der Waals surface area contributed by atoms with Gasteiger partial charge in [0.05, 0.1) is 5.69 Å². The Bertz CT molecular complexity index is 509. The highest BCUT2D eigenvalue weighted by molar-refractivity contribution is 6.21. The first-order valence-electron chi connectivity index (χ1n) is 6.31. The van der Waals surface area contributed by atoms with Crippen molar-refractivity contribution in [2.24, 2.45) is 5.92 Å². The van der Waals surface area contributed by atoms with Crippen LogP contribution in [0.5, 0.6) is 0 Å². The number of hydrogen-bond donors (Lipinski definition) is 0. The highest BCUT2D eigenvalue weighted by Crippen LogP contribution is 2.34. The van der Waals surface area contributed by atoms with Crippen LogP contribution in [0.3, 0.4) is 0 Å². The Kier molecular flexibility index (Phi) is 2.40. The molecule has 2 unspecified atom stereocenters. The summed E-state index contributed by atoms with van der Waals surface area (Å²) in [6, 6.07) is 7.08. The second kappa shape index (κ2) is 3.83. The van der Waals surface area contributed by atoms with Crippen LogP contribution in [0.1, 0.15) is 18.9 Å². The van der Waals surface area contributed by atoms with Gasteiger partial charge in [-0.1, -0.05) is 24.6 Å². The van der Waals surface area contributed by atoms with E-state index in [0.717, 1.165) is 12.0 Å². The number of fused-ring (bicyclic) bond motifs is 1. The largest absolute Gasteiger partial charge is 0.332 e. The molecule has 94 valence electrons. The van der Waals surface area contributed by atoms with Gasteiger partial charge in [0, 0.05) is 6.54 Å². The minimum Gasteiger partial charge on any atom is -0.312 e. The molecule has 0 radical (unpaired) electrons. The number of amides is 3. The summed E-state index contributed by atoms with van der Waals surface area (Å²) in [6.07, 6.45) is 0.921. The Morgan fingerprint density at radius 2 is 1.83 bits per heavy atom. The third kappa shape index (κ3) is 1.45. The van der Waals surface area contributed by atoms with Crippen molar-refractivity contribution in [3.05, 3.63) is 29.8 Å². The lowest BCUT2D eigenvalue weighted by Crippen LogP contribution is -2.33. The molecule has 0 aliphatic carbocycles. The van der Waals surface area contributed by atoms with Gasteiger partial charge in [0.1, 0.15) is 6.04 Å². The molecule has 0 N–H and O–H groups in total. The molecule has 3 rings (SSSR count). The molecule has 18 heavy (non-hydrogen) atoms. The number of carbonyl (C=O) groups excluding carboxylic acids is 2. The molecule has 2 aliphatic heterocycles. The van der Waals surface area contributed by atoms with Crippen molar-refractivity contribution in [3.63, 3.8) is 0 Å². The third-order valence-electron chi connectivity index (χ3n) is 3.90. The van der Waals surface area contributed by atoms with Crippen molar-refractivity contribution < 1.29 is 9.59 Å². The maximum atomic E-state index is 12.4. The fourth-order valence-corrected chi connectivity index (χ4v) is 2.82. The van der Waals surface area contributed by atoms with Crippen molar-refractivity contribution in [2.45, 2.75) is 26.3 Å². The number of benzene rings is 1. The van der Waals surface area contributed by atoms with Crippen LogP contribution in [0.25, 0.3) is 0 Å². The first-order valence-corrected chi connectivity index (χ1v) is 6.31. The zero-order chi connectivity index (χ0) is 12.9. The van der Waals surface area contributed by atoms with E-state index in [1.807, 2.05) is 38.1 Å². The average molecular weight is 244 g/mol. The number of anilines is 1. The topological polar surface area (TPSA) is 40.6 Å². The van der Waals surface area contributed by atoms with Crippen molar-refractivity contribution >= 4 is 17.6 Å². The summed E-state index contributed by atoms with van der Waals surface area (Å²) in [4.78, 5) is 27.6. The summed E-state index contributed by atoms with van der Waals surface area (Å²) in [5, 5.41) is 0. The van der Waals surface area contributed by atoms with Crippen LogP contribution in [0.4, 0.5) is 10.5 Å². The van der Waals surface area contributed by atoms with E-state index in [-0.39, 0.29) is 23.9 Å². The third-order valence-corrected chi connectivity index (χ3v) is 3.90. The van der Waals surface area contributed by atoms with Gasteiger partial charge in [-0.3, -0.25) is 4.79 Å². The molecule has 0 spiro atoms. The minimum absolute atomic E-state index is 0.0751. The lowest BCUT2D eigenvalue weighted by atomic mass is 10.0. The minimum atomic E-state index is -0.251. The molecule has 2 saturated heterocycles. The van der Waals surface area contributed by atoms with Crippen LogP contribution >= 0.6 is 0 Å². The molecule has 1 aromatic carbocycles. The summed E-state index contributed by atoms with van der Waals surface area (Å²) >= 11 is 0. The number of rotatable bonds is 1. The number of hydrogen-bond acceptors (Lipinski definition) is 2. The number of aryl methyl sites for hydroxylation is 1. The van der Waals surface area contributed by atoms with E-state index in [1.165, 1.54) is 4.90 Å². The first kappa shape index (κ1) is 11.3. The quantitative estimate of drug-likeness (QED) is 0.710. The van der Waals surface area contributed by atoms with Gasteiger partial charge in [0.25, 0.3) is 5.91 Å². The second-order valence-electron chi connectivity index (χ2n) is 5.20. The second-order valence-corrected chi connectivity index (χ2v) is 5.20. The van der Waals surface area contributed by atoms with Crippen LogP contribution in [0, 0.1) is 12.8 Å². The molecule has 0 saturated carbocycles. The molecule has 4 heteroatoms. The van der Waals surface area contributed by atoms with Crippen LogP contribution < -0.4 is 4.90 Å². The number of imide groups is 1. The average Bonchev–Trinajstić information content (AvgIpc) is 2.83. The van der Waals surface area contributed by atoms with Gasteiger partial charge in [-0.05, 0) is 31.4 Å². The molecule has 0 aromatic heterocycles. The van der Waals surface area contributed by atoms with Gasteiger partial charge in [-0.25, -0.2) is 9.69 Å². The van der Waals surface area contributed by atoms with Crippen LogP contribution in [-0.4, -0.2) is 29.4 Å². The Balaban J connectivity index is 1.97. The number of urea groups is 1. The van der Waals surface area contributed by atoms with E-state index >= 15 is 0 Å². The Morgan fingerprint density at radius 3 is 2.44 bits per heavy atom. The maximum Gasteiger partial charge on any atom is 0.332 e. The fraction of sp³-hybridized carbons (Fsp3) is 0.429. The van der Waals surface area contributed by atoms with E-state index in [1.54, 1.807) is 4.90 Å². The van der Waals surface area contributed by atoms with E-state index in [2.05, 4.69) is 0 Å². The van der Waals surface area contributed by atoms with Gasteiger partial charge in [-0.2, -0.15) is 0 Å². The molecular formula is C14H16N2O2. The highest BCUT2D eigenvalue weighted by atomic mass is 16.2. The highest BCUT2D eigenvalue weighted by Gasteiger charge is 2.51. The summed E-state index contributed by atoms with van der Waals surface area (Å²) < 4.78 is 0. The summed E-state index contributed by atoms with van der Waals surface area (Å²) in [7, 11) is 0. The zero-order valence-corrected chi connectivity index (χ0v) is 10.6. The smallest absolute Gasteiger partial charge is 0.312 e. The molecule has 2 heterocycles. The van der Waals surface area contributed by atoms with Gasteiger partial charge in [-0.15, -0.1) is 0 Å². The molecule has 0 bridgehead atoms. The van der Waals surface area contributed by atoms with Crippen molar-refractivity contribution in [3.8, 4) is 0 Å². The molecule has 4 nitrogen and oxygen atoms in total. The lowest BCUT2D eigenvalue weighted by Gasteiger charge is -2.15. The van der Waals surface area contributed by atoms with Crippen molar-refractivity contribution in [2.75, 3.05) is 11.4 Å². The predicted molar refractivity (Wildman–Crippen MR) is 68.3 cm³/mol. The van der Waals surface area contributed by atoms with Crippen molar-refractivity contribution in [1.29, 1.82) is 0 Å². The Morgan fingerprint density at radius 1 is 1.17 bits per heavy atom. The van der Waals surface area contributed by atoms with Gasteiger partial charge < -0.3 is 4.90 Å². The molecule has 2 fully saturated rings. The van der Waals surface area contributed by atoms with Crippen LogP contribution in [0.15, 0.2) is 24.3 Å². The summed E-state index contributed by atoms with van der Waals surface area (Å²) in [5.41, 5.74) is 1.80. The normalized spacial score (nSPS) is 27.0. The maximum absolute atomic E-state index is 12.4. The predicted octanol–water partition coefficient (Wildman–Crippen LogP) is 2.17. The Labute approximate surface area is 106 Å². The van der Waals surface area contributed by atoms with Crippen LogP contribution in [0.2, 0.25) is 0 Å². The van der Waals surface area contributed by atoms with E-state index in [9.17, 15) is 9.59 Å². The summed E-state index contributed by atoms with van der Waals surface area (Å²) in [5.74, 6) is 0.186. The van der Waals surface area contributed by atoms with Crippen molar-refractivity contribution in [1.82, 2.24) is 4.90 Å². The molecule has 2 atom stereocenters. The summed E-state index contributed by atoms with van der Waals surface area (Å²) in [6.45, 7) is 4.71. The number of nitrogens with zero attached hydrogens (tertiary/aromatic N) is 2. The van der Waals surface area contributed by atoms with E-state index in [0.29, 0.717) is 12.2 Å². The first-order chi connectivity index (χ1) is 8.59. The molecule has 1 aromatic rings. The monoisotopic (exact) mass is 244 g/mol. The molecular weight excluding hydrogens is 228 g/mol. The molecule has 3 amide bonds. The van der Waals surface area contributed by atoms with Gasteiger partial charge >= 0.3 is 6.03 Å². The van der Waals surface area contributed by atoms with Crippen LogP contribution in [-0.2, 0) is 4.79 Å².